The topological polar surface area (TPSA) is 66.9 Å². The largest absolute Gasteiger partial charge is 0.335 e. The lowest BCUT2D eigenvalue weighted by Crippen LogP contribution is -2.42. The van der Waals surface area contributed by atoms with Gasteiger partial charge in [-0.3, -0.25) is 4.98 Å². The zero-order valence-electron chi connectivity index (χ0n) is 12.0. The first-order valence-electron chi connectivity index (χ1n) is 7.56. The lowest BCUT2D eigenvalue weighted by molar-refractivity contribution is 0.232. The molecule has 1 aliphatic carbocycles. The second kappa shape index (κ2) is 6.52. The molecule has 1 aromatic carbocycles. The molecule has 1 saturated carbocycles. The van der Waals surface area contributed by atoms with Crippen molar-refractivity contribution >= 4 is 17.1 Å². The van der Waals surface area contributed by atoms with Crippen LogP contribution in [0.5, 0.6) is 0 Å². The maximum atomic E-state index is 11.9. The van der Waals surface area contributed by atoms with Crippen molar-refractivity contribution < 1.29 is 4.79 Å². The van der Waals surface area contributed by atoms with Crippen molar-refractivity contribution in [1.29, 1.82) is 0 Å². The molecule has 0 unspecified atom stereocenters. The minimum absolute atomic E-state index is 0.114. The normalized spacial score (nSPS) is 15.8. The maximum Gasteiger partial charge on any atom is 0.315 e. The summed E-state index contributed by atoms with van der Waals surface area (Å²) in [5, 5.41) is 5.89. The van der Waals surface area contributed by atoms with Crippen molar-refractivity contribution in [1.82, 2.24) is 20.6 Å². The number of carbonyl (C=O) groups is 1. The molecule has 5 heteroatoms. The van der Waals surface area contributed by atoms with E-state index in [0.717, 1.165) is 29.6 Å². The van der Waals surface area contributed by atoms with Crippen LogP contribution in [0, 0.1) is 0 Å². The van der Waals surface area contributed by atoms with Crippen LogP contribution in [0.3, 0.4) is 0 Å². The zero-order chi connectivity index (χ0) is 14.5. The summed E-state index contributed by atoms with van der Waals surface area (Å²) in [5.41, 5.74) is 2.49. The number of amides is 2. The fraction of sp³-hybridized carbons (Fsp3) is 0.438. The summed E-state index contributed by atoms with van der Waals surface area (Å²) >= 11 is 0. The zero-order valence-corrected chi connectivity index (χ0v) is 12.0. The molecule has 2 N–H and O–H groups in total. The molecule has 2 aromatic rings. The first-order chi connectivity index (χ1) is 10.3. The van der Waals surface area contributed by atoms with Crippen LogP contribution in [0.1, 0.15) is 37.8 Å². The quantitative estimate of drug-likeness (QED) is 0.910. The molecule has 0 radical (unpaired) electrons. The smallest absolute Gasteiger partial charge is 0.315 e. The number of hydrogen-bond donors (Lipinski definition) is 2. The van der Waals surface area contributed by atoms with Gasteiger partial charge in [0.15, 0.2) is 0 Å². The number of benzene rings is 1. The minimum Gasteiger partial charge on any atom is -0.335 e. The van der Waals surface area contributed by atoms with E-state index in [9.17, 15) is 4.79 Å². The average Bonchev–Trinajstić information content (AvgIpc) is 2.54. The second-order valence-electron chi connectivity index (χ2n) is 5.51. The highest BCUT2D eigenvalue weighted by Crippen LogP contribution is 2.17. The SMILES string of the molecule is O=C(NCc1cnc2ccccc2n1)NC1CCCCC1. The highest BCUT2D eigenvalue weighted by Gasteiger charge is 2.15. The third-order valence-corrected chi connectivity index (χ3v) is 3.87. The van der Waals surface area contributed by atoms with Crippen molar-refractivity contribution in [2.24, 2.45) is 0 Å². The first-order valence-corrected chi connectivity index (χ1v) is 7.56. The molecule has 5 nitrogen and oxygen atoms in total. The molecule has 0 saturated heterocycles. The van der Waals surface area contributed by atoms with E-state index >= 15 is 0 Å². The third kappa shape index (κ3) is 3.68. The summed E-state index contributed by atoms with van der Waals surface area (Å²) in [6.45, 7) is 0.399. The molecule has 2 amide bonds. The maximum absolute atomic E-state index is 11.9. The van der Waals surface area contributed by atoms with Crippen molar-refractivity contribution in [3.63, 3.8) is 0 Å². The van der Waals surface area contributed by atoms with Crippen molar-refractivity contribution in [3.8, 4) is 0 Å². The Morgan fingerprint density at radius 1 is 1.14 bits per heavy atom. The summed E-state index contributed by atoms with van der Waals surface area (Å²) in [6, 6.07) is 7.93. The Morgan fingerprint density at radius 2 is 1.90 bits per heavy atom. The summed E-state index contributed by atoms with van der Waals surface area (Å²) in [6.07, 6.45) is 7.59. The Morgan fingerprint density at radius 3 is 2.71 bits per heavy atom. The van der Waals surface area contributed by atoms with Crippen molar-refractivity contribution in [2.75, 3.05) is 0 Å². The van der Waals surface area contributed by atoms with E-state index in [1.54, 1.807) is 6.20 Å². The summed E-state index contributed by atoms with van der Waals surface area (Å²) in [7, 11) is 0. The van der Waals surface area contributed by atoms with Gasteiger partial charge in [-0.05, 0) is 25.0 Å². The Bertz CT molecular complexity index is 622. The van der Waals surface area contributed by atoms with Gasteiger partial charge in [0.25, 0.3) is 0 Å². The van der Waals surface area contributed by atoms with E-state index in [4.69, 9.17) is 0 Å². The standard InChI is InChI=1S/C16H20N4O/c21-16(20-12-6-2-1-3-7-12)18-11-13-10-17-14-8-4-5-9-15(14)19-13/h4-5,8-10,12H,1-3,6-7,11H2,(H2,18,20,21). The predicted molar refractivity (Wildman–Crippen MR) is 81.8 cm³/mol. The van der Waals surface area contributed by atoms with Crippen LogP contribution in [0.2, 0.25) is 0 Å². The third-order valence-electron chi connectivity index (χ3n) is 3.87. The lowest BCUT2D eigenvalue weighted by atomic mass is 9.96. The fourth-order valence-electron chi connectivity index (χ4n) is 2.73. The van der Waals surface area contributed by atoms with Crippen LogP contribution in [0.25, 0.3) is 11.0 Å². The summed E-state index contributed by atoms with van der Waals surface area (Å²) < 4.78 is 0. The van der Waals surface area contributed by atoms with Gasteiger partial charge in [-0.15, -0.1) is 0 Å². The number of aromatic nitrogens is 2. The van der Waals surface area contributed by atoms with E-state index in [1.807, 2.05) is 24.3 Å². The van der Waals surface area contributed by atoms with Crippen LogP contribution in [0.15, 0.2) is 30.5 Å². The van der Waals surface area contributed by atoms with Crippen LogP contribution < -0.4 is 10.6 Å². The van der Waals surface area contributed by atoms with Gasteiger partial charge >= 0.3 is 6.03 Å². The van der Waals surface area contributed by atoms with Crippen molar-refractivity contribution in [3.05, 3.63) is 36.2 Å². The number of nitrogens with one attached hydrogen (secondary N) is 2. The fourth-order valence-corrected chi connectivity index (χ4v) is 2.73. The molecule has 1 heterocycles. The molecule has 0 atom stereocenters. The van der Waals surface area contributed by atoms with Gasteiger partial charge in [0.1, 0.15) is 0 Å². The molecular formula is C16H20N4O. The molecule has 0 bridgehead atoms. The molecule has 1 aromatic heterocycles. The van der Waals surface area contributed by atoms with E-state index in [2.05, 4.69) is 20.6 Å². The molecular weight excluding hydrogens is 264 g/mol. The van der Waals surface area contributed by atoms with E-state index in [0.29, 0.717) is 12.6 Å². The Hall–Kier alpha value is -2.17. The highest BCUT2D eigenvalue weighted by molar-refractivity contribution is 5.75. The van der Waals surface area contributed by atoms with Gasteiger partial charge < -0.3 is 10.6 Å². The van der Waals surface area contributed by atoms with Gasteiger partial charge in [-0.25, -0.2) is 9.78 Å². The summed E-state index contributed by atoms with van der Waals surface area (Å²) in [4.78, 5) is 20.7. The Balaban J connectivity index is 1.54. The second-order valence-corrected chi connectivity index (χ2v) is 5.51. The van der Waals surface area contributed by atoms with Gasteiger partial charge in [-0.2, -0.15) is 0 Å². The molecule has 21 heavy (non-hydrogen) atoms. The number of para-hydroxylation sites is 2. The molecule has 0 aliphatic heterocycles. The van der Waals surface area contributed by atoms with Gasteiger partial charge in [-0.1, -0.05) is 31.4 Å². The highest BCUT2D eigenvalue weighted by atomic mass is 16.2. The first kappa shape index (κ1) is 13.8. The van der Waals surface area contributed by atoms with E-state index < -0.39 is 0 Å². The lowest BCUT2D eigenvalue weighted by Gasteiger charge is -2.22. The minimum atomic E-state index is -0.114. The predicted octanol–water partition coefficient (Wildman–Crippen LogP) is 2.76. The summed E-state index contributed by atoms with van der Waals surface area (Å²) in [5.74, 6) is 0. The van der Waals surface area contributed by atoms with Crippen LogP contribution in [-0.2, 0) is 6.54 Å². The molecule has 1 aliphatic rings. The van der Waals surface area contributed by atoms with Crippen LogP contribution in [-0.4, -0.2) is 22.0 Å². The number of fused-ring (bicyclic) bond motifs is 1. The van der Waals surface area contributed by atoms with Crippen LogP contribution >= 0.6 is 0 Å². The number of carbonyl (C=O) groups excluding carboxylic acids is 1. The molecule has 1 fully saturated rings. The monoisotopic (exact) mass is 284 g/mol. The van der Waals surface area contributed by atoms with Crippen LogP contribution in [0.4, 0.5) is 4.79 Å². The average molecular weight is 284 g/mol. The van der Waals surface area contributed by atoms with Gasteiger partial charge in [0.05, 0.1) is 29.5 Å². The molecule has 110 valence electrons. The number of nitrogens with zero attached hydrogens (tertiary/aromatic N) is 2. The van der Waals surface area contributed by atoms with E-state index in [-0.39, 0.29) is 6.03 Å². The van der Waals surface area contributed by atoms with Gasteiger partial charge in [0.2, 0.25) is 0 Å². The van der Waals surface area contributed by atoms with Crippen molar-refractivity contribution in [2.45, 2.75) is 44.7 Å². The number of rotatable bonds is 3. The number of urea groups is 1. The molecule has 3 rings (SSSR count). The Kier molecular flexibility index (Phi) is 4.28. The van der Waals surface area contributed by atoms with E-state index in [1.165, 1.54) is 19.3 Å². The molecule has 0 spiro atoms. The number of hydrogen-bond acceptors (Lipinski definition) is 3. The van der Waals surface area contributed by atoms with Gasteiger partial charge in [0, 0.05) is 6.04 Å². The Labute approximate surface area is 124 Å².